The lowest BCUT2D eigenvalue weighted by Gasteiger charge is -2.30. The Morgan fingerprint density at radius 3 is 2.61 bits per heavy atom. The van der Waals surface area contributed by atoms with Gasteiger partial charge < -0.3 is 14.3 Å². The van der Waals surface area contributed by atoms with Crippen molar-refractivity contribution in [3.05, 3.63) is 77.5 Å². The van der Waals surface area contributed by atoms with Gasteiger partial charge in [0.15, 0.2) is 0 Å². The van der Waals surface area contributed by atoms with Crippen molar-refractivity contribution in [2.75, 3.05) is 13.2 Å². The Hall–Kier alpha value is -3.33. The summed E-state index contributed by atoms with van der Waals surface area (Å²) in [4.78, 5) is 17.6. The van der Waals surface area contributed by atoms with Crippen LogP contribution in [0.2, 0.25) is 0 Å². The third kappa shape index (κ3) is 4.91. The summed E-state index contributed by atoms with van der Waals surface area (Å²) in [7, 11) is -1.34. The van der Waals surface area contributed by atoms with Gasteiger partial charge in [-0.1, -0.05) is 36.4 Å². The molecular formula is C30H32N2O5S. The van der Waals surface area contributed by atoms with Crippen LogP contribution in [0.5, 0.6) is 0 Å². The number of benzene rings is 2. The molecule has 0 spiro atoms. The number of rotatable bonds is 7. The highest BCUT2D eigenvalue weighted by atomic mass is 32.2. The van der Waals surface area contributed by atoms with E-state index in [1.54, 1.807) is 13.0 Å². The number of aliphatic hydroxyl groups excluding tert-OH is 1. The first-order valence-electron chi connectivity index (χ1n) is 12.8. The number of aliphatic hydroxyl groups is 1. The Morgan fingerprint density at radius 2 is 1.89 bits per heavy atom. The minimum atomic E-state index is -1.34. The van der Waals surface area contributed by atoms with Crippen LogP contribution in [0.1, 0.15) is 61.8 Å². The van der Waals surface area contributed by atoms with E-state index in [4.69, 9.17) is 14.1 Å². The smallest absolute Gasteiger partial charge is 0.356 e. The number of furan rings is 1. The molecule has 3 heterocycles. The van der Waals surface area contributed by atoms with Gasteiger partial charge in [0, 0.05) is 35.2 Å². The van der Waals surface area contributed by atoms with Gasteiger partial charge in [-0.15, -0.1) is 0 Å². The number of ether oxygens (including phenoxy) is 1. The first-order chi connectivity index (χ1) is 18.2. The SMILES string of the molecule is CCOC(=O)c1cc2c(c(-c3cccc(-c4cc5ccccc5o4)c3)n1)[C@H](CCO)N([S@@](=O)C(C)(C)C)C2. The van der Waals surface area contributed by atoms with Crippen LogP contribution in [0.25, 0.3) is 33.6 Å². The van der Waals surface area contributed by atoms with E-state index in [0.717, 1.165) is 39.0 Å². The largest absolute Gasteiger partial charge is 0.461 e. The molecule has 5 rings (SSSR count). The fourth-order valence-corrected chi connectivity index (χ4v) is 6.34. The van der Waals surface area contributed by atoms with Crippen molar-refractivity contribution in [1.29, 1.82) is 0 Å². The van der Waals surface area contributed by atoms with Crippen molar-refractivity contribution in [3.63, 3.8) is 0 Å². The van der Waals surface area contributed by atoms with Gasteiger partial charge in [0.2, 0.25) is 0 Å². The van der Waals surface area contributed by atoms with Crippen molar-refractivity contribution >= 4 is 27.9 Å². The molecule has 1 aliphatic rings. The molecule has 0 bridgehead atoms. The Morgan fingerprint density at radius 1 is 1.13 bits per heavy atom. The lowest BCUT2D eigenvalue weighted by Crippen LogP contribution is -2.36. The summed E-state index contributed by atoms with van der Waals surface area (Å²) < 4.78 is 26.3. The zero-order valence-corrected chi connectivity index (χ0v) is 22.9. The second-order valence-corrected chi connectivity index (χ2v) is 12.5. The zero-order valence-electron chi connectivity index (χ0n) is 22.1. The molecule has 2 aromatic carbocycles. The van der Waals surface area contributed by atoms with Crippen molar-refractivity contribution in [3.8, 4) is 22.6 Å². The van der Waals surface area contributed by atoms with Crippen LogP contribution in [-0.2, 0) is 22.3 Å². The highest BCUT2D eigenvalue weighted by Crippen LogP contribution is 2.44. The molecule has 1 N–H and O–H groups in total. The molecular weight excluding hydrogens is 500 g/mol. The van der Waals surface area contributed by atoms with E-state index in [0.29, 0.717) is 18.7 Å². The number of carbonyl (C=O) groups excluding carboxylic acids is 1. The summed E-state index contributed by atoms with van der Waals surface area (Å²) in [5.41, 5.74) is 5.06. The molecule has 1 aliphatic heterocycles. The maximum absolute atomic E-state index is 13.5. The first-order valence-corrected chi connectivity index (χ1v) is 13.9. The summed E-state index contributed by atoms with van der Waals surface area (Å²) in [5.74, 6) is 0.229. The van der Waals surface area contributed by atoms with Crippen molar-refractivity contribution in [2.45, 2.75) is 51.4 Å². The van der Waals surface area contributed by atoms with Gasteiger partial charge in [-0.05, 0) is 63.9 Å². The lowest BCUT2D eigenvalue weighted by molar-refractivity contribution is 0.0519. The van der Waals surface area contributed by atoms with E-state index in [1.807, 2.05) is 79.7 Å². The monoisotopic (exact) mass is 532 g/mol. The van der Waals surface area contributed by atoms with Gasteiger partial charge in [0.05, 0.1) is 23.1 Å². The second kappa shape index (κ2) is 10.4. The predicted molar refractivity (Wildman–Crippen MR) is 149 cm³/mol. The van der Waals surface area contributed by atoms with E-state index < -0.39 is 21.7 Å². The Labute approximate surface area is 225 Å². The molecule has 2 aromatic heterocycles. The molecule has 0 amide bonds. The van der Waals surface area contributed by atoms with E-state index >= 15 is 0 Å². The molecule has 0 unspecified atom stereocenters. The van der Waals surface area contributed by atoms with Crippen LogP contribution in [0.15, 0.2) is 65.1 Å². The molecule has 0 saturated carbocycles. The van der Waals surface area contributed by atoms with Crippen molar-refractivity contribution in [1.82, 2.24) is 9.29 Å². The van der Waals surface area contributed by atoms with Crippen LogP contribution in [0.3, 0.4) is 0 Å². The fourth-order valence-electron chi connectivity index (χ4n) is 4.94. The number of carbonyl (C=O) groups is 1. The predicted octanol–water partition coefficient (Wildman–Crippen LogP) is 6.04. The Bertz CT molecular complexity index is 1490. The summed E-state index contributed by atoms with van der Waals surface area (Å²) >= 11 is 0. The number of esters is 1. The summed E-state index contributed by atoms with van der Waals surface area (Å²) in [6, 6.07) is 19.1. The Kier molecular flexibility index (Phi) is 7.22. The number of aromatic nitrogens is 1. The topological polar surface area (TPSA) is 92.9 Å². The maximum atomic E-state index is 13.5. The number of para-hydroxylation sites is 1. The maximum Gasteiger partial charge on any atom is 0.356 e. The van der Waals surface area contributed by atoms with Crippen molar-refractivity contribution in [2.24, 2.45) is 0 Å². The first kappa shape index (κ1) is 26.3. The van der Waals surface area contributed by atoms with E-state index in [9.17, 15) is 14.1 Å². The molecule has 0 aliphatic carbocycles. The quantitative estimate of drug-likeness (QED) is 0.292. The molecule has 8 heteroatoms. The molecule has 0 saturated heterocycles. The number of pyridine rings is 1. The Balaban J connectivity index is 1.67. The summed E-state index contributed by atoms with van der Waals surface area (Å²) in [6.45, 7) is 8.11. The van der Waals surface area contributed by atoms with E-state index in [1.165, 1.54) is 0 Å². The van der Waals surface area contributed by atoms with Crippen LogP contribution in [-0.4, -0.2) is 42.5 Å². The molecule has 2 atom stereocenters. The van der Waals surface area contributed by atoms with Crippen molar-refractivity contribution < 1.29 is 23.3 Å². The van der Waals surface area contributed by atoms with Gasteiger partial charge in [0.25, 0.3) is 0 Å². The third-order valence-corrected chi connectivity index (χ3v) is 8.48. The molecule has 38 heavy (non-hydrogen) atoms. The van der Waals surface area contributed by atoms with Crippen LogP contribution in [0.4, 0.5) is 0 Å². The lowest BCUT2D eigenvalue weighted by atomic mass is 9.95. The number of fused-ring (bicyclic) bond motifs is 2. The zero-order chi connectivity index (χ0) is 27.0. The number of nitrogens with zero attached hydrogens (tertiary/aromatic N) is 2. The highest BCUT2D eigenvalue weighted by Gasteiger charge is 2.40. The third-order valence-electron chi connectivity index (χ3n) is 6.62. The fraction of sp³-hybridized carbons (Fsp3) is 0.333. The summed E-state index contributed by atoms with van der Waals surface area (Å²) in [6.07, 6.45) is 0.394. The molecule has 0 radical (unpaired) electrons. The summed E-state index contributed by atoms with van der Waals surface area (Å²) in [5, 5.41) is 11.0. The average molecular weight is 533 g/mol. The molecule has 4 aromatic rings. The second-order valence-electron chi connectivity index (χ2n) is 10.3. The van der Waals surface area contributed by atoms with Gasteiger partial charge in [-0.3, -0.25) is 0 Å². The highest BCUT2D eigenvalue weighted by molar-refractivity contribution is 7.84. The normalized spacial score (nSPS) is 16.5. The molecule has 0 fully saturated rings. The van der Waals surface area contributed by atoms with E-state index in [-0.39, 0.29) is 24.9 Å². The van der Waals surface area contributed by atoms with Gasteiger partial charge in [-0.2, -0.15) is 0 Å². The van der Waals surface area contributed by atoms with Gasteiger partial charge in [0.1, 0.15) is 28.0 Å². The molecule has 7 nitrogen and oxygen atoms in total. The van der Waals surface area contributed by atoms with Crippen LogP contribution >= 0.6 is 0 Å². The number of hydrogen-bond donors (Lipinski definition) is 1. The minimum Gasteiger partial charge on any atom is -0.461 e. The van der Waals surface area contributed by atoms with Crippen LogP contribution < -0.4 is 0 Å². The number of hydrogen-bond acceptors (Lipinski definition) is 6. The average Bonchev–Trinajstić information content (AvgIpc) is 3.49. The van der Waals surface area contributed by atoms with E-state index in [2.05, 4.69) is 0 Å². The van der Waals surface area contributed by atoms with Gasteiger partial charge >= 0.3 is 5.97 Å². The minimum absolute atomic E-state index is 0.0694. The standard InChI is InChI=1S/C30H32N2O5S/c1-5-36-29(34)23-16-22-18-32(38(35)30(2,3)4)24(13-14-33)27(22)28(31-23)21-11-8-10-19(15-21)26-17-20-9-6-7-12-25(20)37-26/h6-12,15-17,24,33H,5,13-14,18H2,1-4H3/t24-,38-/m0/s1. The van der Waals surface area contributed by atoms with Gasteiger partial charge in [-0.25, -0.2) is 18.3 Å². The molecule has 198 valence electrons. The van der Waals surface area contributed by atoms with Crippen LogP contribution in [0, 0.1) is 0 Å².